The summed E-state index contributed by atoms with van der Waals surface area (Å²) >= 11 is 6.03. The lowest BCUT2D eigenvalue weighted by Crippen LogP contribution is -2.26. The van der Waals surface area contributed by atoms with Crippen molar-refractivity contribution < 1.29 is 14.2 Å². The Hall–Kier alpha value is -2.01. The first kappa shape index (κ1) is 14.6. The van der Waals surface area contributed by atoms with Gasteiger partial charge in [0.1, 0.15) is 11.6 Å². The normalized spacial score (nSPS) is 16.4. The van der Waals surface area contributed by atoms with Gasteiger partial charge in [0.05, 0.1) is 16.8 Å². The smallest absolute Gasteiger partial charge is 0.261 e. The lowest BCUT2D eigenvalue weighted by atomic mass is 9.97. The van der Waals surface area contributed by atoms with Crippen LogP contribution < -0.4 is 10.3 Å². The minimum Gasteiger partial charge on any atom is -0.494 e. The maximum absolute atomic E-state index is 14.4. The van der Waals surface area contributed by atoms with Crippen molar-refractivity contribution in [2.45, 2.75) is 38.2 Å². The summed E-state index contributed by atoms with van der Waals surface area (Å²) in [7, 11) is 0. The molecule has 0 radical (unpaired) electrons. The second-order valence-corrected chi connectivity index (χ2v) is 6.47. The number of benzene rings is 1. The Morgan fingerprint density at radius 2 is 1.96 bits per heavy atom. The number of rotatable bonds is 3. The number of fused-ring (bicyclic) bond motifs is 2. The van der Waals surface area contributed by atoms with Gasteiger partial charge in [-0.05, 0) is 44.2 Å². The molecule has 23 heavy (non-hydrogen) atoms. The standard InChI is InChI=1S/C17H15ClFNO3/c18-12-7-13(19)14(8-15(12)23-11-4-5-11)20-16(21)9-2-1-3-10(6-9)17(20)22/h6-8,11,21H,1-5H2. The molecule has 4 nitrogen and oxygen atoms in total. The molecule has 0 saturated heterocycles. The van der Waals surface area contributed by atoms with Crippen LogP contribution in [0.3, 0.4) is 0 Å². The van der Waals surface area contributed by atoms with Crippen molar-refractivity contribution >= 4 is 11.6 Å². The van der Waals surface area contributed by atoms with Crippen LogP contribution in [0.2, 0.25) is 5.02 Å². The fraction of sp³-hybridized carbons (Fsp3) is 0.353. The number of hydrogen-bond acceptors (Lipinski definition) is 3. The Bertz CT molecular complexity index is 858. The predicted molar refractivity (Wildman–Crippen MR) is 84.3 cm³/mol. The van der Waals surface area contributed by atoms with E-state index in [0.29, 0.717) is 29.7 Å². The highest BCUT2D eigenvalue weighted by Crippen LogP contribution is 2.36. The number of ether oxygens (including phenoxy) is 1. The highest BCUT2D eigenvalue weighted by molar-refractivity contribution is 6.32. The predicted octanol–water partition coefficient (Wildman–Crippen LogP) is 3.37. The zero-order valence-corrected chi connectivity index (χ0v) is 13.1. The number of pyridine rings is 1. The number of aromatic nitrogens is 1. The lowest BCUT2D eigenvalue weighted by molar-refractivity contribution is 0.302. The van der Waals surface area contributed by atoms with E-state index in [9.17, 15) is 14.3 Å². The van der Waals surface area contributed by atoms with Gasteiger partial charge >= 0.3 is 0 Å². The number of aryl methyl sites for hydroxylation is 2. The van der Waals surface area contributed by atoms with Gasteiger partial charge in [-0.2, -0.15) is 0 Å². The van der Waals surface area contributed by atoms with Gasteiger partial charge in [-0.3, -0.25) is 4.79 Å². The van der Waals surface area contributed by atoms with E-state index in [-0.39, 0.29) is 22.7 Å². The van der Waals surface area contributed by atoms with Gasteiger partial charge in [0.25, 0.3) is 5.56 Å². The van der Waals surface area contributed by atoms with Crippen LogP contribution in [-0.2, 0) is 12.8 Å². The van der Waals surface area contributed by atoms with Crippen LogP contribution in [0, 0.1) is 5.82 Å². The maximum Gasteiger partial charge on any atom is 0.261 e. The molecule has 0 amide bonds. The van der Waals surface area contributed by atoms with Crippen molar-refractivity contribution in [2.75, 3.05) is 0 Å². The van der Waals surface area contributed by atoms with Gasteiger partial charge in [0, 0.05) is 17.2 Å². The van der Waals surface area contributed by atoms with Crippen molar-refractivity contribution in [1.29, 1.82) is 0 Å². The molecule has 2 bridgehead atoms. The monoisotopic (exact) mass is 335 g/mol. The minimum absolute atomic E-state index is 0.0300. The summed E-state index contributed by atoms with van der Waals surface area (Å²) in [6.45, 7) is 0. The zero-order chi connectivity index (χ0) is 16.1. The molecule has 0 aliphatic heterocycles. The molecule has 2 aliphatic rings. The van der Waals surface area contributed by atoms with Crippen molar-refractivity contribution in [3.05, 3.63) is 50.5 Å². The summed E-state index contributed by atoms with van der Waals surface area (Å²) in [6.07, 6.45) is 4.08. The van der Waals surface area contributed by atoms with Gasteiger partial charge in [0.15, 0.2) is 0 Å². The first-order valence-corrected chi connectivity index (χ1v) is 8.05. The molecule has 1 aromatic heterocycles. The van der Waals surface area contributed by atoms with E-state index in [1.54, 1.807) is 6.07 Å². The average Bonchev–Trinajstić information content (AvgIpc) is 3.34. The van der Waals surface area contributed by atoms with Crippen molar-refractivity contribution in [3.63, 3.8) is 0 Å². The van der Waals surface area contributed by atoms with Gasteiger partial charge in [-0.1, -0.05) is 11.6 Å². The maximum atomic E-state index is 14.4. The van der Waals surface area contributed by atoms with Gasteiger partial charge < -0.3 is 9.84 Å². The van der Waals surface area contributed by atoms with Crippen LogP contribution in [0.25, 0.3) is 5.69 Å². The number of nitrogens with zero attached hydrogens (tertiary/aromatic N) is 1. The van der Waals surface area contributed by atoms with Gasteiger partial charge in [-0.25, -0.2) is 8.96 Å². The fourth-order valence-corrected chi connectivity index (χ4v) is 3.12. The highest BCUT2D eigenvalue weighted by atomic mass is 35.5. The molecule has 0 atom stereocenters. The third-order valence-electron chi connectivity index (χ3n) is 4.28. The zero-order valence-electron chi connectivity index (χ0n) is 12.3. The topological polar surface area (TPSA) is 51.5 Å². The summed E-state index contributed by atoms with van der Waals surface area (Å²) in [5.74, 6) is -0.544. The molecule has 4 rings (SSSR count). The number of hydrogen-bond donors (Lipinski definition) is 1. The van der Waals surface area contributed by atoms with E-state index in [1.807, 2.05) is 0 Å². The first-order chi connectivity index (χ1) is 11.0. The molecule has 1 aromatic carbocycles. The van der Waals surface area contributed by atoms with Crippen molar-refractivity contribution in [2.24, 2.45) is 0 Å². The first-order valence-electron chi connectivity index (χ1n) is 7.67. The molecule has 120 valence electrons. The summed E-state index contributed by atoms with van der Waals surface area (Å²) in [4.78, 5) is 12.6. The average molecular weight is 336 g/mol. The molecule has 6 heteroatoms. The summed E-state index contributed by atoms with van der Waals surface area (Å²) in [5, 5.41) is 10.5. The summed E-state index contributed by atoms with van der Waals surface area (Å²) in [5.41, 5.74) is 0.815. The Morgan fingerprint density at radius 1 is 1.22 bits per heavy atom. The minimum atomic E-state index is -0.667. The van der Waals surface area contributed by atoms with Crippen LogP contribution in [-0.4, -0.2) is 15.8 Å². The van der Waals surface area contributed by atoms with Crippen LogP contribution in [0.1, 0.15) is 30.4 Å². The van der Waals surface area contributed by atoms with E-state index < -0.39 is 11.4 Å². The van der Waals surface area contributed by atoms with Crippen LogP contribution in [0.15, 0.2) is 23.0 Å². The molecule has 2 aromatic rings. The van der Waals surface area contributed by atoms with E-state index in [0.717, 1.165) is 29.9 Å². The molecular formula is C17H15ClFNO3. The second kappa shape index (κ2) is 5.27. The molecule has 1 heterocycles. The lowest BCUT2D eigenvalue weighted by Gasteiger charge is -2.19. The molecule has 1 fully saturated rings. The Morgan fingerprint density at radius 3 is 2.70 bits per heavy atom. The van der Waals surface area contributed by atoms with Crippen molar-refractivity contribution in [1.82, 2.24) is 4.57 Å². The van der Waals surface area contributed by atoms with E-state index in [1.165, 1.54) is 6.07 Å². The molecule has 0 unspecified atom stereocenters. The third-order valence-corrected chi connectivity index (χ3v) is 4.57. The van der Waals surface area contributed by atoms with Gasteiger partial charge in [0.2, 0.25) is 5.88 Å². The number of halogens is 2. The molecular weight excluding hydrogens is 321 g/mol. The Labute approximate surface area is 137 Å². The third kappa shape index (κ3) is 2.49. The molecule has 1 N–H and O–H groups in total. The number of aromatic hydroxyl groups is 1. The van der Waals surface area contributed by atoms with Crippen LogP contribution >= 0.6 is 11.6 Å². The quantitative estimate of drug-likeness (QED) is 0.935. The van der Waals surface area contributed by atoms with E-state index in [2.05, 4.69) is 0 Å². The van der Waals surface area contributed by atoms with Gasteiger partial charge in [-0.15, -0.1) is 0 Å². The SMILES string of the molecule is O=c1c2cc(c(O)n1-c1cc(OC3CC3)c(Cl)cc1F)CCC2. The van der Waals surface area contributed by atoms with E-state index >= 15 is 0 Å². The largest absolute Gasteiger partial charge is 0.494 e. The molecule has 2 aliphatic carbocycles. The molecule has 1 saturated carbocycles. The Balaban J connectivity index is 1.91. The fourth-order valence-electron chi connectivity index (χ4n) is 2.92. The highest BCUT2D eigenvalue weighted by Gasteiger charge is 2.26. The van der Waals surface area contributed by atoms with Crippen LogP contribution in [0.4, 0.5) is 4.39 Å². The summed E-state index contributed by atoms with van der Waals surface area (Å²) < 4.78 is 21.1. The second-order valence-electron chi connectivity index (χ2n) is 6.06. The molecule has 0 spiro atoms. The Kier molecular flexibility index (Phi) is 3.34. The van der Waals surface area contributed by atoms with Crippen molar-refractivity contribution in [3.8, 4) is 17.3 Å². The summed E-state index contributed by atoms with van der Waals surface area (Å²) in [6, 6.07) is 4.22. The van der Waals surface area contributed by atoms with E-state index in [4.69, 9.17) is 16.3 Å². The van der Waals surface area contributed by atoms with Crippen LogP contribution in [0.5, 0.6) is 11.6 Å².